The summed E-state index contributed by atoms with van der Waals surface area (Å²) in [5, 5.41) is 87.6. The van der Waals surface area contributed by atoms with Crippen molar-refractivity contribution in [2.75, 3.05) is 52.5 Å². The number of primary amides is 1. The van der Waals surface area contributed by atoms with Crippen LogP contribution in [-0.4, -0.2) is 332 Å². The van der Waals surface area contributed by atoms with Crippen LogP contribution in [0.1, 0.15) is 234 Å². The Kier molecular flexibility index (Phi) is 49.4. The molecule has 4 aliphatic rings. The fraction of sp³-hybridized carbons (Fsp3) is 0.772. The molecule has 4 aliphatic heterocycles. The molecule has 47 nitrogen and oxygen atoms in total. The molecule has 0 unspecified atom stereocenters. The minimum absolute atomic E-state index is 0.00283. The van der Waals surface area contributed by atoms with Gasteiger partial charge in [-0.15, -0.1) is 0 Å². The number of carbonyl (C=O) groups is 20. The summed E-state index contributed by atoms with van der Waals surface area (Å²) in [4.78, 5) is 285. The highest BCUT2D eigenvalue weighted by atomic mass is 16.4. The minimum Gasteiger partial charge on any atom is -0.480 e. The van der Waals surface area contributed by atoms with Gasteiger partial charge < -0.3 is 137 Å². The summed E-state index contributed by atoms with van der Waals surface area (Å²) in [6, 6.07) is -24.3. The number of aliphatic hydroxyl groups is 3. The Hall–Kier alpha value is -11.5. The number of nitrogens with one attached hydrogen (secondary N) is 16. The maximum absolute atomic E-state index is 14.8. The number of carboxylic acids is 1. The fourth-order valence-corrected chi connectivity index (χ4v) is 17.0. The number of amides is 19. The molecule has 0 aliphatic carbocycles. The van der Waals surface area contributed by atoms with Crippen LogP contribution < -0.4 is 97.0 Å². The van der Waals surface area contributed by atoms with Gasteiger partial charge in [-0.1, -0.05) is 137 Å². The SMILES string of the molecule is CC[C@H](C)[C@H](NC(=O)[C@@H](NC(=O)[C@@H](NC(=O)[C@@H](N)CCCNC(=N)N)C(C)C)C(C)C)C(=O)N[C@@H](CCC(N)=O)C(=O)N1CCC[C@H]1C(=O)N[C@@H](CO)C(=O)N1CCC[C@H]1C(=O)N[C@H](C(=O)N[C@H](C(=O)N[C@H](C(=O)N[C@H](C(=O)N[C@@H](CC(C)C)C(=O)N1CCC[C@H]1C(=O)NCC(=O)N1CCC[C@H]1C(=O)N[C@H](C(=O)N[C@@H](CC(C)C)C(=O)N[C@@H](CO)C(=O)O)[C@@H](C)CC)[C@@H](C)O)C(C)C)C(C)C)C(C)C. The van der Waals surface area contributed by atoms with Gasteiger partial charge in [-0.3, -0.25) is 96.5 Å². The number of carbonyl (C=O) groups excluding carboxylic acids is 19. The van der Waals surface area contributed by atoms with Crippen LogP contribution in [0.4, 0.5) is 0 Å². The normalized spacial score (nSPS) is 19.6. The van der Waals surface area contributed by atoms with Gasteiger partial charge in [0.1, 0.15) is 103 Å². The first-order valence-electron chi connectivity index (χ1n) is 48.8. The van der Waals surface area contributed by atoms with E-state index in [1.165, 1.54) is 16.7 Å². The van der Waals surface area contributed by atoms with Gasteiger partial charge in [-0.2, -0.15) is 0 Å². The molecule has 786 valence electrons. The Bertz CT molecular complexity index is 4270. The molecule has 139 heavy (non-hydrogen) atoms. The molecular formula is C92H159N23O24. The Balaban J connectivity index is 1.43. The number of hydrogen-bond donors (Lipinski definition) is 23. The molecule has 21 atom stereocenters. The number of likely N-dealkylation sites (tertiary alicyclic amines) is 4. The van der Waals surface area contributed by atoms with Crippen molar-refractivity contribution in [2.24, 2.45) is 70.5 Å². The number of aliphatic carboxylic acids is 1. The summed E-state index contributed by atoms with van der Waals surface area (Å²) >= 11 is 0. The lowest BCUT2D eigenvalue weighted by Crippen LogP contribution is -2.63. The fourth-order valence-electron chi connectivity index (χ4n) is 17.0. The largest absolute Gasteiger partial charge is 0.480 e. The standard InChI is InChI=1S/C92H159N23O24/c1-20-51(17)71(86(133)100-56(39-44(3)4)75(122)103-59(43-117)91(138)139)109-78(125)61-29-23-35-112(61)65(120)41-98-76(123)60-28-24-36-113(60)89(136)57(40-45(5)6)101-87(134)73(53(19)118)111-84(131)70(50(15)16)108-82(129)68(48(11)12)106-81(128)67(47(9)10)105-79(126)63-31-26-38-115(63)90(137)58(42-116)102-77(124)62-30-25-37-114(62)88(135)55(32-33-64(94)119)99-85(132)72(52(18)21-2)110-83(130)69(49(13)14)107-80(127)66(46(7)8)104-74(121)54(93)27-22-34-97-92(95)96/h44-63,66-73,116-118H,20-43,93H2,1-19H3,(H2,94,119)(H,98,123)(H,99,132)(H,100,133)(H,101,134)(H,102,124)(H,103,122)(H,104,121)(H,105,126)(H,106,128)(H,107,127)(H,108,129)(H,109,125)(H,110,130)(H,111,131)(H,138,139)(H4,95,96,97)/t51-,52-,53+,54-,55-,56-,57-,58-,59-,60-,61-,62-,63-,66-,67-,68-,69-,70-,71-,72-,73-/m0/s1. The van der Waals surface area contributed by atoms with Crippen molar-refractivity contribution in [3.63, 3.8) is 0 Å². The molecule has 0 spiro atoms. The summed E-state index contributed by atoms with van der Waals surface area (Å²) in [5.41, 5.74) is 17.0. The highest BCUT2D eigenvalue weighted by Crippen LogP contribution is 2.27. The highest BCUT2D eigenvalue weighted by molar-refractivity contribution is 6.02. The lowest BCUT2D eigenvalue weighted by atomic mass is 9.95. The van der Waals surface area contributed by atoms with E-state index in [9.17, 15) is 116 Å². The van der Waals surface area contributed by atoms with Gasteiger partial charge in [-0.05, 0) is 144 Å². The van der Waals surface area contributed by atoms with E-state index in [1.54, 1.807) is 125 Å². The van der Waals surface area contributed by atoms with Crippen LogP contribution in [0, 0.1) is 58.7 Å². The second-order valence-electron chi connectivity index (χ2n) is 39.5. The molecule has 4 rings (SSSR count). The molecule has 19 amide bonds. The summed E-state index contributed by atoms with van der Waals surface area (Å²) in [6.45, 7) is 29.2. The molecule has 0 saturated carbocycles. The summed E-state index contributed by atoms with van der Waals surface area (Å²) < 4.78 is 0. The average Bonchev–Trinajstić information content (AvgIpc) is 1.69. The van der Waals surface area contributed by atoms with Crippen LogP contribution in [0.3, 0.4) is 0 Å². The predicted octanol–water partition coefficient (Wildman–Crippen LogP) is -4.86. The van der Waals surface area contributed by atoms with Crippen molar-refractivity contribution in [1.29, 1.82) is 5.41 Å². The molecule has 0 radical (unpaired) electrons. The molecule has 0 aromatic heterocycles. The third-order valence-corrected chi connectivity index (χ3v) is 25.6. The molecule has 0 bridgehead atoms. The Labute approximate surface area is 813 Å². The number of nitrogens with two attached hydrogens (primary N) is 3. The van der Waals surface area contributed by atoms with Crippen LogP contribution in [0.5, 0.6) is 0 Å². The van der Waals surface area contributed by atoms with E-state index in [-0.39, 0.29) is 115 Å². The Morgan fingerprint density at radius 3 is 1.06 bits per heavy atom. The number of carboxylic acid groups (broad SMARTS) is 1. The third kappa shape index (κ3) is 36.0. The molecular weight excluding hydrogens is 1810 g/mol. The van der Waals surface area contributed by atoms with Crippen molar-refractivity contribution >= 4 is 124 Å². The molecule has 4 fully saturated rings. The maximum atomic E-state index is 14.8. The Morgan fingerprint density at radius 1 is 0.360 bits per heavy atom. The van der Waals surface area contributed by atoms with Crippen LogP contribution >= 0.6 is 0 Å². The van der Waals surface area contributed by atoms with Crippen LogP contribution in [-0.2, 0) is 95.9 Å². The minimum atomic E-state index is -1.76. The third-order valence-electron chi connectivity index (χ3n) is 25.6. The topological polar surface area (TPSA) is 718 Å². The smallest absolute Gasteiger partial charge is 0.328 e. The van der Waals surface area contributed by atoms with Crippen LogP contribution in [0.2, 0.25) is 0 Å². The molecule has 4 saturated heterocycles. The van der Waals surface area contributed by atoms with E-state index in [2.05, 4.69) is 79.8 Å². The molecule has 26 N–H and O–H groups in total. The molecule has 0 aromatic carbocycles. The summed E-state index contributed by atoms with van der Waals surface area (Å²) in [6.07, 6.45) is 0.523. The van der Waals surface area contributed by atoms with Crippen molar-refractivity contribution in [2.45, 2.75) is 349 Å². The van der Waals surface area contributed by atoms with Gasteiger partial charge in [0, 0.05) is 39.1 Å². The van der Waals surface area contributed by atoms with Gasteiger partial charge in [0.15, 0.2) is 5.96 Å². The van der Waals surface area contributed by atoms with Crippen molar-refractivity contribution in [3.8, 4) is 0 Å². The first kappa shape index (κ1) is 120. The van der Waals surface area contributed by atoms with E-state index < -0.39 is 301 Å². The van der Waals surface area contributed by atoms with E-state index in [1.807, 2.05) is 0 Å². The number of guanidine groups is 1. The Morgan fingerprint density at radius 2 is 0.676 bits per heavy atom. The van der Waals surface area contributed by atoms with E-state index >= 15 is 0 Å². The molecule has 0 aromatic rings. The predicted molar refractivity (Wildman–Crippen MR) is 508 cm³/mol. The quantitative estimate of drug-likeness (QED) is 0.0154. The number of aliphatic hydroxyl groups excluding tert-OH is 3. The highest BCUT2D eigenvalue weighted by Gasteiger charge is 2.48. The average molecular weight is 1970 g/mol. The van der Waals surface area contributed by atoms with Gasteiger partial charge in [-0.25, -0.2) is 4.79 Å². The van der Waals surface area contributed by atoms with Crippen molar-refractivity contribution in [3.05, 3.63) is 0 Å². The van der Waals surface area contributed by atoms with E-state index in [0.29, 0.717) is 32.1 Å². The zero-order valence-corrected chi connectivity index (χ0v) is 84.1. The van der Waals surface area contributed by atoms with Gasteiger partial charge in [0.2, 0.25) is 112 Å². The van der Waals surface area contributed by atoms with Gasteiger partial charge in [0.25, 0.3) is 0 Å². The van der Waals surface area contributed by atoms with E-state index in [4.69, 9.17) is 22.6 Å². The molecule has 4 heterocycles. The summed E-state index contributed by atoms with van der Waals surface area (Å²) in [7, 11) is 0. The van der Waals surface area contributed by atoms with Gasteiger partial charge >= 0.3 is 5.97 Å². The lowest BCUT2D eigenvalue weighted by Gasteiger charge is -2.33. The first-order valence-corrected chi connectivity index (χ1v) is 48.8. The van der Waals surface area contributed by atoms with Crippen molar-refractivity contribution in [1.82, 2.24) is 99.4 Å². The van der Waals surface area contributed by atoms with E-state index in [0.717, 1.165) is 9.80 Å². The zero-order chi connectivity index (χ0) is 105. The zero-order valence-electron chi connectivity index (χ0n) is 84.1. The number of hydrogen-bond acceptors (Lipinski definition) is 25. The van der Waals surface area contributed by atoms with Gasteiger partial charge in [0.05, 0.1) is 31.9 Å². The van der Waals surface area contributed by atoms with Crippen LogP contribution in [0.15, 0.2) is 0 Å². The molecule has 47 heteroatoms. The second-order valence-corrected chi connectivity index (χ2v) is 39.5. The van der Waals surface area contributed by atoms with Crippen LogP contribution in [0.25, 0.3) is 0 Å². The summed E-state index contributed by atoms with van der Waals surface area (Å²) in [5.74, 6) is -21.9. The maximum Gasteiger partial charge on any atom is 0.328 e. The monoisotopic (exact) mass is 1970 g/mol. The van der Waals surface area contributed by atoms with Crippen molar-refractivity contribution < 1.29 is 116 Å². The second kappa shape index (κ2) is 57.3. The lowest BCUT2D eigenvalue weighted by molar-refractivity contribution is -0.145. The number of nitrogens with zero attached hydrogens (tertiary/aromatic N) is 4. The number of rotatable bonds is 56. The first-order chi connectivity index (χ1) is 65.1.